The highest BCUT2D eigenvalue weighted by atomic mass is 79.9. The minimum Gasteiger partial charge on any atom is -0.345 e. The van der Waals surface area contributed by atoms with Crippen molar-refractivity contribution in [3.63, 3.8) is 0 Å². The van der Waals surface area contributed by atoms with Crippen molar-refractivity contribution >= 4 is 32.7 Å². The molecule has 3 aromatic rings. The van der Waals surface area contributed by atoms with Crippen molar-refractivity contribution in [1.29, 1.82) is 0 Å². The summed E-state index contributed by atoms with van der Waals surface area (Å²) in [6.45, 7) is 3.88. The zero-order valence-corrected chi connectivity index (χ0v) is 16.5. The Morgan fingerprint density at radius 3 is 2.70 bits per heavy atom. The summed E-state index contributed by atoms with van der Waals surface area (Å²) in [5, 5.41) is 3.40. The number of hydrogen-bond donors (Lipinski definition) is 1. The van der Waals surface area contributed by atoms with Crippen LogP contribution in [0.3, 0.4) is 0 Å². The van der Waals surface area contributed by atoms with Gasteiger partial charge in [-0.3, -0.25) is 9.59 Å². The SMILES string of the molecule is C[C@@H]1Cc2cc(Br)cc3c(=O)c(C(=O)N[C@H](C)c4ccc(F)cc4)cn1c23. The van der Waals surface area contributed by atoms with E-state index >= 15 is 0 Å². The molecule has 1 aliphatic rings. The van der Waals surface area contributed by atoms with Gasteiger partial charge in [0.2, 0.25) is 5.43 Å². The standard InChI is InChI=1S/C21H18BrFN2O2/c1-11-7-14-8-15(22)9-17-19(14)25(11)10-18(20(17)26)21(27)24-12(2)13-3-5-16(23)6-4-13/h3-6,8-12H,7H2,1-2H3,(H,24,27)/t11-,12-/m1/s1. The molecule has 0 spiro atoms. The van der Waals surface area contributed by atoms with Gasteiger partial charge in [0.25, 0.3) is 5.91 Å². The second-order valence-electron chi connectivity index (χ2n) is 7.04. The van der Waals surface area contributed by atoms with Crippen molar-refractivity contribution < 1.29 is 9.18 Å². The number of rotatable bonds is 3. The summed E-state index contributed by atoms with van der Waals surface area (Å²) >= 11 is 3.46. The van der Waals surface area contributed by atoms with Crippen molar-refractivity contribution in [2.45, 2.75) is 32.4 Å². The van der Waals surface area contributed by atoms with Gasteiger partial charge in [-0.05, 0) is 55.7 Å². The lowest BCUT2D eigenvalue weighted by molar-refractivity contribution is 0.0938. The van der Waals surface area contributed by atoms with E-state index in [4.69, 9.17) is 0 Å². The van der Waals surface area contributed by atoms with Crippen LogP contribution in [0.4, 0.5) is 4.39 Å². The van der Waals surface area contributed by atoms with Crippen LogP contribution < -0.4 is 10.7 Å². The molecule has 4 nitrogen and oxygen atoms in total. The van der Waals surface area contributed by atoms with Gasteiger partial charge in [-0.15, -0.1) is 0 Å². The van der Waals surface area contributed by atoms with Crippen LogP contribution in [0.5, 0.6) is 0 Å². The molecule has 138 valence electrons. The average Bonchev–Trinajstić information content (AvgIpc) is 2.93. The summed E-state index contributed by atoms with van der Waals surface area (Å²) in [5.74, 6) is -0.758. The molecule has 0 saturated carbocycles. The lowest BCUT2D eigenvalue weighted by atomic mass is 10.1. The lowest BCUT2D eigenvalue weighted by Gasteiger charge is -2.16. The summed E-state index contributed by atoms with van der Waals surface area (Å²) in [7, 11) is 0. The van der Waals surface area contributed by atoms with E-state index in [-0.39, 0.29) is 28.9 Å². The molecular weight excluding hydrogens is 411 g/mol. The monoisotopic (exact) mass is 428 g/mol. The normalized spacial score (nSPS) is 16.5. The number of nitrogens with one attached hydrogen (secondary N) is 1. The molecule has 2 aromatic carbocycles. The van der Waals surface area contributed by atoms with Crippen LogP contribution in [0.25, 0.3) is 10.9 Å². The van der Waals surface area contributed by atoms with Crippen molar-refractivity contribution in [1.82, 2.24) is 9.88 Å². The lowest BCUT2D eigenvalue weighted by Crippen LogP contribution is -2.31. The number of aromatic nitrogens is 1. The largest absolute Gasteiger partial charge is 0.345 e. The second-order valence-corrected chi connectivity index (χ2v) is 7.96. The van der Waals surface area contributed by atoms with E-state index in [0.717, 1.165) is 27.5 Å². The predicted octanol–water partition coefficient (Wildman–Crippen LogP) is 4.51. The van der Waals surface area contributed by atoms with E-state index in [2.05, 4.69) is 28.2 Å². The fourth-order valence-electron chi connectivity index (χ4n) is 3.73. The fourth-order valence-corrected chi connectivity index (χ4v) is 4.24. The maximum atomic E-state index is 13.1. The average molecular weight is 429 g/mol. The molecule has 2 heterocycles. The van der Waals surface area contributed by atoms with Crippen LogP contribution in [0.1, 0.15) is 47.4 Å². The minimum absolute atomic E-state index is 0.120. The maximum absolute atomic E-state index is 13.1. The number of halogens is 2. The van der Waals surface area contributed by atoms with Gasteiger partial charge in [-0.2, -0.15) is 0 Å². The van der Waals surface area contributed by atoms with E-state index in [1.165, 1.54) is 12.1 Å². The van der Waals surface area contributed by atoms with Crippen LogP contribution in [0.15, 0.2) is 51.9 Å². The number of amides is 1. The smallest absolute Gasteiger partial charge is 0.257 e. The van der Waals surface area contributed by atoms with Crippen molar-refractivity contribution in [3.05, 3.63) is 79.8 Å². The van der Waals surface area contributed by atoms with Gasteiger partial charge in [0.1, 0.15) is 11.4 Å². The molecule has 6 heteroatoms. The highest BCUT2D eigenvalue weighted by molar-refractivity contribution is 9.10. The Kier molecular flexibility index (Phi) is 4.38. The molecule has 0 aliphatic carbocycles. The van der Waals surface area contributed by atoms with E-state index in [1.54, 1.807) is 31.3 Å². The van der Waals surface area contributed by atoms with E-state index in [1.807, 2.05) is 10.6 Å². The minimum atomic E-state index is -0.428. The molecule has 1 amide bonds. The Balaban J connectivity index is 1.74. The summed E-state index contributed by atoms with van der Waals surface area (Å²) in [5.41, 5.74) is 2.62. The third-order valence-corrected chi connectivity index (χ3v) is 5.58. The first kappa shape index (κ1) is 17.9. The van der Waals surface area contributed by atoms with Gasteiger partial charge < -0.3 is 9.88 Å². The Hall–Kier alpha value is -2.47. The van der Waals surface area contributed by atoms with Gasteiger partial charge >= 0.3 is 0 Å². The number of carbonyl (C=O) groups excluding carboxylic acids is 1. The molecule has 1 aromatic heterocycles. The van der Waals surface area contributed by atoms with E-state index in [9.17, 15) is 14.0 Å². The number of nitrogens with zero attached hydrogens (tertiary/aromatic N) is 1. The first-order chi connectivity index (χ1) is 12.8. The molecule has 0 bridgehead atoms. The van der Waals surface area contributed by atoms with E-state index in [0.29, 0.717) is 5.39 Å². The quantitative estimate of drug-likeness (QED) is 0.666. The number of benzene rings is 2. The first-order valence-electron chi connectivity index (χ1n) is 8.78. The van der Waals surface area contributed by atoms with Gasteiger partial charge in [-0.1, -0.05) is 28.1 Å². The van der Waals surface area contributed by atoms with Gasteiger partial charge in [-0.25, -0.2) is 4.39 Å². The van der Waals surface area contributed by atoms with E-state index < -0.39 is 5.91 Å². The van der Waals surface area contributed by atoms with Crippen LogP contribution in [-0.4, -0.2) is 10.5 Å². The van der Waals surface area contributed by atoms with Gasteiger partial charge in [0.15, 0.2) is 0 Å². The molecule has 1 N–H and O–H groups in total. The Bertz CT molecular complexity index is 1120. The van der Waals surface area contributed by atoms with Gasteiger partial charge in [0.05, 0.1) is 11.6 Å². The van der Waals surface area contributed by atoms with Crippen molar-refractivity contribution in [2.24, 2.45) is 0 Å². The molecule has 1 aliphatic heterocycles. The number of hydrogen-bond acceptors (Lipinski definition) is 2. The summed E-state index contributed by atoms with van der Waals surface area (Å²) < 4.78 is 15.9. The second kappa shape index (κ2) is 6.60. The third kappa shape index (κ3) is 3.08. The van der Waals surface area contributed by atoms with Crippen LogP contribution in [0.2, 0.25) is 0 Å². The molecule has 0 saturated heterocycles. The maximum Gasteiger partial charge on any atom is 0.257 e. The summed E-state index contributed by atoms with van der Waals surface area (Å²) in [4.78, 5) is 25.8. The van der Waals surface area contributed by atoms with Gasteiger partial charge in [0, 0.05) is 22.1 Å². The molecular formula is C21H18BrFN2O2. The van der Waals surface area contributed by atoms with Crippen molar-refractivity contribution in [2.75, 3.05) is 0 Å². The molecule has 27 heavy (non-hydrogen) atoms. The predicted molar refractivity (Wildman–Crippen MR) is 107 cm³/mol. The highest BCUT2D eigenvalue weighted by Crippen LogP contribution is 2.33. The number of pyridine rings is 1. The van der Waals surface area contributed by atoms with Crippen LogP contribution in [0, 0.1) is 5.82 Å². The Labute approximate surface area is 164 Å². The number of carbonyl (C=O) groups is 1. The molecule has 4 rings (SSSR count). The summed E-state index contributed by atoms with van der Waals surface area (Å²) in [6.07, 6.45) is 2.49. The Morgan fingerprint density at radius 2 is 2.00 bits per heavy atom. The summed E-state index contributed by atoms with van der Waals surface area (Å²) in [6, 6.07) is 9.58. The molecule has 2 atom stereocenters. The van der Waals surface area contributed by atoms with Crippen LogP contribution in [-0.2, 0) is 6.42 Å². The molecule has 0 fully saturated rings. The first-order valence-corrected chi connectivity index (χ1v) is 9.58. The Morgan fingerprint density at radius 1 is 1.30 bits per heavy atom. The molecule has 0 radical (unpaired) electrons. The van der Waals surface area contributed by atoms with Crippen molar-refractivity contribution in [3.8, 4) is 0 Å². The fraction of sp³-hybridized carbons (Fsp3) is 0.238. The molecule has 0 unspecified atom stereocenters. The highest BCUT2D eigenvalue weighted by Gasteiger charge is 2.25. The van der Waals surface area contributed by atoms with Crippen LogP contribution >= 0.6 is 15.9 Å². The zero-order valence-electron chi connectivity index (χ0n) is 14.9. The zero-order chi connectivity index (χ0) is 19.3. The third-order valence-electron chi connectivity index (χ3n) is 5.12. The topological polar surface area (TPSA) is 51.1 Å².